The molecule has 0 radical (unpaired) electrons. The number of nitrogens with zero attached hydrogens (tertiary/aromatic N) is 2. The molecule has 0 N–H and O–H groups in total. The number of aromatic nitrogens is 1. The minimum atomic E-state index is -0.502. The van der Waals surface area contributed by atoms with Crippen LogP contribution in [0.4, 0.5) is 0 Å². The van der Waals surface area contributed by atoms with Gasteiger partial charge in [-0.3, -0.25) is 9.59 Å². The number of pyridine rings is 1. The van der Waals surface area contributed by atoms with Crippen LogP contribution in [0.1, 0.15) is 17.3 Å². The summed E-state index contributed by atoms with van der Waals surface area (Å²) in [5.74, 6) is -0.937. The van der Waals surface area contributed by atoms with Gasteiger partial charge in [0.05, 0.1) is 23.8 Å². The summed E-state index contributed by atoms with van der Waals surface area (Å²) < 4.78 is 9.78. The van der Waals surface area contributed by atoms with Gasteiger partial charge in [-0.1, -0.05) is 23.2 Å². The number of carbonyl (C=O) groups excluding carboxylic acids is 2. The second-order valence-electron chi connectivity index (χ2n) is 4.01. The van der Waals surface area contributed by atoms with Crippen LogP contribution in [0.15, 0.2) is 12.3 Å². The smallest absolute Gasteiger partial charge is 0.325 e. The molecule has 0 spiro atoms. The van der Waals surface area contributed by atoms with Gasteiger partial charge in [0.25, 0.3) is 5.91 Å². The summed E-state index contributed by atoms with van der Waals surface area (Å²) in [6.07, 6.45) is 1.29. The number of ether oxygens (including phenoxy) is 2. The van der Waals surface area contributed by atoms with Crippen LogP contribution in [-0.2, 0) is 14.3 Å². The Labute approximate surface area is 132 Å². The van der Waals surface area contributed by atoms with E-state index in [4.69, 9.17) is 32.7 Å². The number of hydrogen-bond donors (Lipinski definition) is 0. The lowest BCUT2D eigenvalue weighted by molar-refractivity contribution is -0.143. The van der Waals surface area contributed by atoms with Crippen molar-refractivity contribution in [1.29, 1.82) is 0 Å². The summed E-state index contributed by atoms with van der Waals surface area (Å²) in [4.78, 5) is 29.1. The highest BCUT2D eigenvalue weighted by Gasteiger charge is 2.22. The molecule has 6 nitrogen and oxygen atoms in total. The molecule has 1 aromatic heterocycles. The fourth-order valence-electron chi connectivity index (χ4n) is 1.56. The van der Waals surface area contributed by atoms with Gasteiger partial charge in [-0.05, 0) is 13.0 Å². The lowest BCUT2D eigenvalue weighted by Crippen LogP contribution is -2.38. The fourth-order valence-corrected chi connectivity index (χ4v) is 1.91. The number of methoxy groups -OCH3 is 1. The van der Waals surface area contributed by atoms with E-state index in [0.29, 0.717) is 0 Å². The van der Waals surface area contributed by atoms with Gasteiger partial charge in [-0.25, -0.2) is 4.98 Å². The summed E-state index contributed by atoms with van der Waals surface area (Å²) >= 11 is 11.7. The van der Waals surface area contributed by atoms with Gasteiger partial charge in [0.2, 0.25) is 0 Å². The fraction of sp³-hybridized carbons (Fsp3) is 0.462. The van der Waals surface area contributed by atoms with Gasteiger partial charge < -0.3 is 14.4 Å². The molecule has 0 aliphatic rings. The van der Waals surface area contributed by atoms with Gasteiger partial charge in [0, 0.05) is 19.9 Å². The molecule has 0 fully saturated rings. The molecular weight excluding hydrogens is 319 g/mol. The van der Waals surface area contributed by atoms with Crippen LogP contribution in [0, 0.1) is 0 Å². The zero-order valence-corrected chi connectivity index (χ0v) is 13.3. The first kappa shape index (κ1) is 17.7. The van der Waals surface area contributed by atoms with Crippen LogP contribution in [0.2, 0.25) is 10.2 Å². The Morgan fingerprint density at radius 3 is 2.71 bits per heavy atom. The number of rotatable bonds is 7. The summed E-state index contributed by atoms with van der Waals surface area (Å²) in [5.41, 5.74) is 0.178. The predicted octanol–water partition coefficient (Wildman–Crippen LogP) is 2.04. The number of esters is 1. The second kappa shape index (κ2) is 8.81. The third-order valence-corrected chi connectivity index (χ3v) is 3.04. The average Bonchev–Trinajstić information content (AvgIpc) is 2.45. The van der Waals surface area contributed by atoms with Gasteiger partial charge in [-0.15, -0.1) is 0 Å². The van der Waals surface area contributed by atoms with Crippen molar-refractivity contribution in [2.75, 3.05) is 33.4 Å². The summed E-state index contributed by atoms with van der Waals surface area (Å²) in [7, 11) is 1.50. The van der Waals surface area contributed by atoms with E-state index in [1.807, 2.05) is 0 Å². The zero-order chi connectivity index (χ0) is 15.8. The van der Waals surface area contributed by atoms with Crippen LogP contribution >= 0.6 is 23.2 Å². The first-order valence-electron chi connectivity index (χ1n) is 6.24. The molecule has 8 heteroatoms. The molecule has 1 aromatic rings. The number of amides is 1. The Morgan fingerprint density at radius 1 is 1.38 bits per heavy atom. The first-order valence-corrected chi connectivity index (χ1v) is 7.00. The van der Waals surface area contributed by atoms with Crippen molar-refractivity contribution >= 4 is 35.1 Å². The van der Waals surface area contributed by atoms with Gasteiger partial charge in [0.1, 0.15) is 11.7 Å². The highest BCUT2D eigenvalue weighted by Crippen LogP contribution is 2.20. The third-order valence-electron chi connectivity index (χ3n) is 2.53. The molecule has 116 valence electrons. The van der Waals surface area contributed by atoms with Crippen LogP contribution in [0.3, 0.4) is 0 Å². The van der Waals surface area contributed by atoms with E-state index in [2.05, 4.69) is 4.98 Å². The minimum Gasteiger partial charge on any atom is -0.465 e. The van der Waals surface area contributed by atoms with Crippen molar-refractivity contribution in [1.82, 2.24) is 9.88 Å². The highest BCUT2D eigenvalue weighted by molar-refractivity contribution is 6.35. The summed E-state index contributed by atoms with van der Waals surface area (Å²) in [6.45, 7) is 2.25. The van der Waals surface area contributed by atoms with E-state index < -0.39 is 11.9 Å². The van der Waals surface area contributed by atoms with E-state index in [1.165, 1.54) is 24.3 Å². The number of carbonyl (C=O) groups is 2. The molecule has 21 heavy (non-hydrogen) atoms. The number of halogens is 2. The Kier molecular flexibility index (Phi) is 7.42. The molecule has 0 bridgehead atoms. The van der Waals surface area contributed by atoms with Gasteiger partial charge in [0.15, 0.2) is 0 Å². The molecule has 0 atom stereocenters. The highest BCUT2D eigenvalue weighted by atomic mass is 35.5. The molecule has 0 aliphatic carbocycles. The second-order valence-corrected chi connectivity index (χ2v) is 4.81. The number of hydrogen-bond acceptors (Lipinski definition) is 5. The summed E-state index contributed by atoms with van der Waals surface area (Å²) in [5, 5.41) is 0.307. The lowest BCUT2D eigenvalue weighted by Gasteiger charge is -2.21. The Bertz CT molecular complexity index is 511. The van der Waals surface area contributed by atoms with Gasteiger partial charge in [-0.2, -0.15) is 0 Å². The van der Waals surface area contributed by atoms with E-state index in [1.54, 1.807) is 6.92 Å². The molecule has 0 saturated heterocycles. The van der Waals surface area contributed by atoms with E-state index in [-0.39, 0.29) is 42.0 Å². The predicted molar refractivity (Wildman–Crippen MR) is 78.7 cm³/mol. The van der Waals surface area contributed by atoms with Crippen molar-refractivity contribution in [3.63, 3.8) is 0 Å². The zero-order valence-electron chi connectivity index (χ0n) is 11.8. The molecule has 0 aromatic carbocycles. The maximum absolute atomic E-state index is 12.5. The Balaban J connectivity index is 2.92. The Morgan fingerprint density at radius 2 is 2.10 bits per heavy atom. The van der Waals surface area contributed by atoms with E-state index >= 15 is 0 Å². The topological polar surface area (TPSA) is 68.7 Å². The maximum Gasteiger partial charge on any atom is 0.325 e. The average molecular weight is 335 g/mol. The normalized spacial score (nSPS) is 10.3. The van der Waals surface area contributed by atoms with Crippen LogP contribution in [0.25, 0.3) is 0 Å². The molecule has 1 amide bonds. The Hall–Kier alpha value is -1.37. The van der Waals surface area contributed by atoms with Crippen molar-refractivity contribution < 1.29 is 19.1 Å². The van der Waals surface area contributed by atoms with Crippen molar-refractivity contribution in [2.45, 2.75) is 6.92 Å². The standard InChI is InChI=1S/C13H16Cl2N2O4/c1-3-21-12(18)8-17(4-5-20-2)13(19)9-6-11(15)16-7-10(9)14/h6-7H,3-5,8H2,1-2H3. The molecular formula is C13H16Cl2N2O4. The SMILES string of the molecule is CCOC(=O)CN(CCOC)C(=O)c1cc(Cl)ncc1Cl. The molecule has 0 aliphatic heterocycles. The van der Waals surface area contributed by atoms with E-state index in [9.17, 15) is 9.59 Å². The van der Waals surface area contributed by atoms with E-state index in [0.717, 1.165) is 0 Å². The minimum absolute atomic E-state index is 0.144. The first-order chi connectivity index (χ1) is 9.99. The van der Waals surface area contributed by atoms with Crippen molar-refractivity contribution in [3.8, 4) is 0 Å². The van der Waals surface area contributed by atoms with Crippen LogP contribution in [-0.4, -0.2) is 55.2 Å². The lowest BCUT2D eigenvalue weighted by atomic mass is 10.2. The maximum atomic E-state index is 12.5. The molecule has 1 rings (SSSR count). The van der Waals surface area contributed by atoms with Crippen molar-refractivity contribution in [2.24, 2.45) is 0 Å². The quantitative estimate of drug-likeness (QED) is 0.563. The molecule has 1 heterocycles. The summed E-state index contributed by atoms with van der Waals surface area (Å²) in [6, 6.07) is 1.36. The molecule has 0 unspecified atom stereocenters. The monoisotopic (exact) mass is 334 g/mol. The van der Waals surface area contributed by atoms with Crippen LogP contribution in [0.5, 0.6) is 0 Å². The largest absolute Gasteiger partial charge is 0.465 e. The van der Waals surface area contributed by atoms with Gasteiger partial charge >= 0.3 is 5.97 Å². The molecule has 0 saturated carbocycles. The van der Waals surface area contributed by atoms with Crippen molar-refractivity contribution in [3.05, 3.63) is 28.0 Å². The third kappa shape index (κ3) is 5.49. The van der Waals surface area contributed by atoms with Crippen LogP contribution < -0.4 is 0 Å².